The molecule has 2 aromatic rings. The van der Waals surface area contributed by atoms with Crippen LogP contribution in [0.15, 0.2) is 42.9 Å². The van der Waals surface area contributed by atoms with Gasteiger partial charge in [-0.2, -0.15) is 0 Å². The predicted octanol–water partition coefficient (Wildman–Crippen LogP) is 0.841. The van der Waals surface area contributed by atoms with E-state index in [4.69, 9.17) is 0 Å². The SMILES string of the molecule is O=CN(c1cnccn1)C(Cc1ccc(O)cc1)C(=O)O. The van der Waals surface area contributed by atoms with Gasteiger partial charge in [0.25, 0.3) is 0 Å². The van der Waals surface area contributed by atoms with E-state index >= 15 is 0 Å². The number of amides is 1. The molecule has 0 bridgehead atoms. The van der Waals surface area contributed by atoms with Gasteiger partial charge in [0.2, 0.25) is 6.41 Å². The van der Waals surface area contributed by atoms with Crippen LogP contribution in [0.2, 0.25) is 0 Å². The largest absolute Gasteiger partial charge is 0.508 e. The minimum Gasteiger partial charge on any atom is -0.508 e. The summed E-state index contributed by atoms with van der Waals surface area (Å²) < 4.78 is 0. The summed E-state index contributed by atoms with van der Waals surface area (Å²) in [5, 5.41) is 18.6. The third-order valence-electron chi connectivity index (χ3n) is 2.91. The molecule has 0 aliphatic rings. The van der Waals surface area contributed by atoms with Crippen molar-refractivity contribution in [2.24, 2.45) is 0 Å². The lowest BCUT2D eigenvalue weighted by molar-refractivity contribution is -0.139. The van der Waals surface area contributed by atoms with Crippen LogP contribution in [0.5, 0.6) is 5.75 Å². The van der Waals surface area contributed by atoms with Gasteiger partial charge in [-0.3, -0.25) is 14.7 Å². The number of carboxylic acids is 1. The van der Waals surface area contributed by atoms with Gasteiger partial charge in [-0.05, 0) is 17.7 Å². The Morgan fingerprint density at radius 1 is 1.29 bits per heavy atom. The van der Waals surface area contributed by atoms with E-state index < -0.39 is 12.0 Å². The summed E-state index contributed by atoms with van der Waals surface area (Å²) in [6.45, 7) is 0. The topological polar surface area (TPSA) is 104 Å². The Balaban J connectivity index is 2.27. The van der Waals surface area contributed by atoms with Crippen LogP contribution in [0.3, 0.4) is 0 Å². The maximum atomic E-state index is 11.4. The van der Waals surface area contributed by atoms with Crippen LogP contribution in [0.25, 0.3) is 0 Å². The molecular weight excluding hydrogens is 274 g/mol. The second-order valence-electron chi connectivity index (χ2n) is 4.30. The van der Waals surface area contributed by atoms with Crippen molar-refractivity contribution < 1.29 is 19.8 Å². The van der Waals surface area contributed by atoms with E-state index in [-0.39, 0.29) is 18.0 Å². The highest BCUT2D eigenvalue weighted by molar-refractivity contribution is 5.87. The van der Waals surface area contributed by atoms with Gasteiger partial charge in [-0.15, -0.1) is 0 Å². The van der Waals surface area contributed by atoms with Gasteiger partial charge in [0, 0.05) is 18.8 Å². The van der Waals surface area contributed by atoms with E-state index in [9.17, 15) is 19.8 Å². The number of anilines is 1. The summed E-state index contributed by atoms with van der Waals surface area (Å²) in [7, 11) is 0. The summed E-state index contributed by atoms with van der Waals surface area (Å²) in [4.78, 5) is 31.5. The molecule has 0 aliphatic heterocycles. The molecule has 7 heteroatoms. The quantitative estimate of drug-likeness (QED) is 0.763. The Labute approximate surface area is 120 Å². The number of aliphatic carboxylic acids is 1. The second-order valence-corrected chi connectivity index (χ2v) is 4.30. The molecule has 2 rings (SSSR count). The van der Waals surface area contributed by atoms with Crippen molar-refractivity contribution in [3.05, 3.63) is 48.4 Å². The molecule has 108 valence electrons. The highest BCUT2D eigenvalue weighted by Crippen LogP contribution is 2.16. The minimum absolute atomic E-state index is 0.0882. The monoisotopic (exact) mass is 287 g/mol. The first-order valence-electron chi connectivity index (χ1n) is 6.12. The van der Waals surface area contributed by atoms with Gasteiger partial charge in [-0.1, -0.05) is 12.1 Å². The number of aromatic hydroxyl groups is 1. The Morgan fingerprint density at radius 2 is 2.00 bits per heavy atom. The molecule has 0 spiro atoms. The number of carboxylic acid groups (broad SMARTS) is 1. The molecular formula is C14H13N3O4. The molecule has 21 heavy (non-hydrogen) atoms. The van der Waals surface area contributed by atoms with Crippen LogP contribution >= 0.6 is 0 Å². The van der Waals surface area contributed by atoms with E-state index in [0.717, 1.165) is 4.90 Å². The van der Waals surface area contributed by atoms with E-state index in [0.29, 0.717) is 12.0 Å². The molecule has 1 heterocycles. The van der Waals surface area contributed by atoms with Crippen molar-refractivity contribution in [3.63, 3.8) is 0 Å². The van der Waals surface area contributed by atoms with Crippen molar-refractivity contribution in [1.29, 1.82) is 0 Å². The lowest BCUT2D eigenvalue weighted by atomic mass is 10.0. The normalized spacial score (nSPS) is 11.6. The molecule has 0 fully saturated rings. The van der Waals surface area contributed by atoms with Crippen molar-refractivity contribution in [2.75, 3.05) is 4.90 Å². The van der Waals surface area contributed by atoms with E-state index in [2.05, 4.69) is 9.97 Å². The predicted molar refractivity (Wildman–Crippen MR) is 73.8 cm³/mol. The van der Waals surface area contributed by atoms with Crippen molar-refractivity contribution in [2.45, 2.75) is 12.5 Å². The zero-order chi connectivity index (χ0) is 15.2. The number of phenolic OH excluding ortho intramolecular Hbond substituents is 1. The minimum atomic E-state index is -1.15. The summed E-state index contributed by atoms with van der Waals surface area (Å²) in [6.07, 6.45) is 4.64. The zero-order valence-corrected chi connectivity index (χ0v) is 11.0. The molecule has 0 saturated heterocycles. The third kappa shape index (κ3) is 3.53. The number of phenols is 1. The average Bonchev–Trinajstić information content (AvgIpc) is 2.50. The number of rotatable bonds is 6. The maximum Gasteiger partial charge on any atom is 0.327 e. The third-order valence-corrected chi connectivity index (χ3v) is 2.91. The highest BCUT2D eigenvalue weighted by atomic mass is 16.4. The Morgan fingerprint density at radius 3 is 2.52 bits per heavy atom. The Hall–Kier alpha value is -2.96. The van der Waals surface area contributed by atoms with Crippen LogP contribution in [-0.2, 0) is 16.0 Å². The molecule has 2 N–H and O–H groups in total. The Kier molecular flexibility index (Phi) is 4.45. The number of carbonyl (C=O) groups excluding carboxylic acids is 1. The molecule has 1 atom stereocenters. The first kappa shape index (κ1) is 14.4. The van der Waals surface area contributed by atoms with E-state index in [1.165, 1.54) is 30.7 Å². The lowest BCUT2D eigenvalue weighted by Crippen LogP contribution is -2.42. The number of benzene rings is 1. The zero-order valence-electron chi connectivity index (χ0n) is 11.0. The Bertz CT molecular complexity index is 616. The molecule has 0 aliphatic carbocycles. The molecule has 1 aromatic heterocycles. The summed E-state index contributed by atoms with van der Waals surface area (Å²) >= 11 is 0. The molecule has 0 radical (unpaired) electrons. The smallest absolute Gasteiger partial charge is 0.327 e. The summed E-state index contributed by atoms with van der Waals surface area (Å²) in [5.74, 6) is -0.897. The van der Waals surface area contributed by atoms with Crippen LogP contribution in [0, 0.1) is 0 Å². The van der Waals surface area contributed by atoms with Crippen molar-refractivity contribution in [1.82, 2.24) is 9.97 Å². The fourth-order valence-corrected chi connectivity index (χ4v) is 1.87. The molecule has 0 saturated carbocycles. The standard InChI is InChI=1S/C14H13N3O4/c18-9-17(13-8-15-5-6-16-13)12(14(20)21)7-10-1-3-11(19)4-2-10/h1-6,8-9,12,19H,7H2,(H,20,21). The van der Waals surface area contributed by atoms with E-state index in [1.807, 2.05) is 0 Å². The number of hydrogen-bond donors (Lipinski definition) is 2. The fourth-order valence-electron chi connectivity index (χ4n) is 1.87. The number of aromatic nitrogens is 2. The van der Waals surface area contributed by atoms with Gasteiger partial charge in [-0.25, -0.2) is 9.78 Å². The summed E-state index contributed by atoms with van der Waals surface area (Å²) in [5.41, 5.74) is 0.677. The van der Waals surface area contributed by atoms with Gasteiger partial charge in [0.15, 0.2) is 5.82 Å². The molecule has 1 amide bonds. The number of hydrogen-bond acceptors (Lipinski definition) is 5. The number of carbonyl (C=O) groups is 2. The lowest BCUT2D eigenvalue weighted by Gasteiger charge is -2.23. The first-order chi connectivity index (χ1) is 10.1. The average molecular weight is 287 g/mol. The van der Waals surface area contributed by atoms with Gasteiger partial charge < -0.3 is 10.2 Å². The maximum absolute atomic E-state index is 11.4. The summed E-state index contributed by atoms with van der Waals surface area (Å²) in [6, 6.07) is 5.02. The first-order valence-corrected chi connectivity index (χ1v) is 6.12. The van der Waals surface area contributed by atoms with Gasteiger partial charge >= 0.3 is 5.97 Å². The van der Waals surface area contributed by atoms with Crippen molar-refractivity contribution >= 4 is 18.2 Å². The van der Waals surface area contributed by atoms with Crippen LogP contribution in [0.1, 0.15) is 5.56 Å². The van der Waals surface area contributed by atoms with Crippen LogP contribution in [-0.4, -0.2) is 38.6 Å². The molecule has 1 aromatic carbocycles. The van der Waals surface area contributed by atoms with E-state index in [1.54, 1.807) is 12.1 Å². The second kappa shape index (κ2) is 6.47. The van der Waals surface area contributed by atoms with Gasteiger partial charge in [0.05, 0.1) is 6.20 Å². The molecule has 7 nitrogen and oxygen atoms in total. The number of nitrogens with zero attached hydrogens (tertiary/aromatic N) is 3. The van der Waals surface area contributed by atoms with Crippen molar-refractivity contribution in [3.8, 4) is 5.75 Å². The highest BCUT2D eigenvalue weighted by Gasteiger charge is 2.27. The fraction of sp³-hybridized carbons (Fsp3) is 0.143. The van der Waals surface area contributed by atoms with Crippen LogP contribution < -0.4 is 4.90 Å². The van der Waals surface area contributed by atoms with Gasteiger partial charge in [0.1, 0.15) is 11.8 Å². The molecule has 1 unspecified atom stereocenters. The van der Waals surface area contributed by atoms with Crippen LogP contribution in [0.4, 0.5) is 5.82 Å².